The van der Waals surface area contributed by atoms with Gasteiger partial charge in [-0.15, -0.1) is 0 Å². The first-order chi connectivity index (χ1) is 9.74. The van der Waals surface area contributed by atoms with Crippen LogP contribution in [0.2, 0.25) is 0 Å². The van der Waals surface area contributed by atoms with Crippen LogP contribution in [0.5, 0.6) is 0 Å². The van der Waals surface area contributed by atoms with E-state index in [2.05, 4.69) is 26.8 Å². The quantitative estimate of drug-likeness (QED) is 0.242. The standard InChI is InChI=1S/C18H34O2/c1-4-7-8-9-10-11-16-20-18(19)15-14-17(12-5-2)13-6-3/h12H,4-11,13-16H2,1-3H3. The van der Waals surface area contributed by atoms with Gasteiger partial charge in [-0.2, -0.15) is 0 Å². The first-order valence-corrected chi connectivity index (χ1v) is 8.58. The molecule has 2 nitrogen and oxygen atoms in total. The van der Waals surface area contributed by atoms with Crippen LogP contribution < -0.4 is 0 Å². The molecule has 0 aromatic carbocycles. The number of rotatable bonds is 13. The average Bonchev–Trinajstić information content (AvgIpc) is 2.44. The van der Waals surface area contributed by atoms with Gasteiger partial charge in [-0.1, -0.05) is 70.9 Å². The molecule has 0 aliphatic carbocycles. The van der Waals surface area contributed by atoms with Crippen LogP contribution in [0.3, 0.4) is 0 Å². The maximum absolute atomic E-state index is 11.6. The van der Waals surface area contributed by atoms with Crippen molar-refractivity contribution in [2.45, 2.75) is 91.4 Å². The third-order valence-corrected chi connectivity index (χ3v) is 3.48. The molecule has 0 heterocycles. The molecular formula is C18H34O2. The minimum Gasteiger partial charge on any atom is -0.466 e. The van der Waals surface area contributed by atoms with Gasteiger partial charge < -0.3 is 4.74 Å². The zero-order valence-electron chi connectivity index (χ0n) is 13.9. The van der Waals surface area contributed by atoms with Crippen molar-refractivity contribution in [2.75, 3.05) is 6.61 Å². The number of carbonyl (C=O) groups excluding carboxylic acids is 1. The molecule has 0 fully saturated rings. The van der Waals surface area contributed by atoms with Crippen LogP contribution in [0, 0.1) is 0 Å². The Morgan fingerprint density at radius 2 is 1.55 bits per heavy atom. The summed E-state index contributed by atoms with van der Waals surface area (Å²) in [6.07, 6.45) is 14.4. The second kappa shape index (κ2) is 14.6. The molecule has 0 amide bonds. The third kappa shape index (κ3) is 12.3. The molecule has 0 bridgehead atoms. The Morgan fingerprint density at radius 1 is 0.850 bits per heavy atom. The molecule has 0 radical (unpaired) electrons. The van der Waals surface area contributed by atoms with Crippen molar-refractivity contribution in [2.24, 2.45) is 0 Å². The zero-order chi connectivity index (χ0) is 15.1. The molecule has 0 aromatic heterocycles. The molecule has 20 heavy (non-hydrogen) atoms. The lowest BCUT2D eigenvalue weighted by Gasteiger charge is -2.07. The topological polar surface area (TPSA) is 26.3 Å². The molecule has 0 saturated heterocycles. The molecule has 0 aliphatic rings. The first-order valence-electron chi connectivity index (χ1n) is 8.58. The van der Waals surface area contributed by atoms with Crippen LogP contribution in [-0.2, 0) is 9.53 Å². The van der Waals surface area contributed by atoms with E-state index in [-0.39, 0.29) is 5.97 Å². The first kappa shape index (κ1) is 19.2. The lowest BCUT2D eigenvalue weighted by Crippen LogP contribution is -2.06. The second-order valence-corrected chi connectivity index (χ2v) is 5.51. The Balaban J connectivity index is 3.55. The van der Waals surface area contributed by atoms with E-state index in [0.29, 0.717) is 13.0 Å². The van der Waals surface area contributed by atoms with E-state index < -0.39 is 0 Å². The molecule has 0 atom stereocenters. The van der Waals surface area contributed by atoms with Gasteiger partial charge in [0.1, 0.15) is 0 Å². The summed E-state index contributed by atoms with van der Waals surface area (Å²) in [5.41, 5.74) is 1.41. The maximum Gasteiger partial charge on any atom is 0.306 e. The summed E-state index contributed by atoms with van der Waals surface area (Å²) in [6.45, 7) is 7.15. The Labute approximate surface area is 126 Å². The predicted molar refractivity (Wildman–Crippen MR) is 86.9 cm³/mol. The lowest BCUT2D eigenvalue weighted by atomic mass is 10.0. The van der Waals surface area contributed by atoms with E-state index in [4.69, 9.17) is 4.74 Å². The third-order valence-electron chi connectivity index (χ3n) is 3.48. The van der Waals surface area contributed by atoms with Crippen LogP contribution in [0.25, 0.3) is 0 Å². The number of ether oxygens (including phenoxy) is 1. The number of hydrogen-bond donors (Lipinski definition) is 0. The zero-order valence-corrected chi connectivity index (χ0v) is 13.9. The Kier molecular flexibility index (Phi) is 14.0. The highest BCUT2D eigenvalue weighted by Crippen LogP contribution is 2.14. The molecular weight excluding hydrogens is 248 g/mol. The van der Waals surface area contributed by atoms with Crippen LogP contribution >= 0.6 is 0 Å². The fourth-order valence-corrected chi connectivity index (χ4v) is 2.34. The highest BCUT2D eigenvalue weighted by atomic mass is 16.5. The average molecular weight is 282 g/mol. The second-order valence-electron chi connectivity index (χ2n) is 5.51. The van der Waals surface area contributed by atoms with Crippen LogP contribution in [0.15, 0.2) is 11.6 Å². The van der Waals surface area contributed by atoms with E-state index in [1.54, 1.807) is 0 Å². The Hall–Kier alpha value is -0.790. The van der Waals surface area contributed by atoms with Gasteiger partial charge in [0.2, 0.25) is 0 Å². The monoisotopic (exact) mass is 282 g/mol. The van der Waals surface area contributed by atoms with Gasteiger partial charge in [0.05, 0.1) is 6.61 Å². The van der Waals surface area contributed by atoms with Crippen LogP contribution in [0.4, 0.5) is 0 Å². The molecule has 118 valence electrons. The molecule has 0 N–H and O–H groups in total. The van der Waals surface area contributed by atoms with Crippen molar-refractivity contribution in [1.82, 2.24) is 0 Å². The van der Waals surface area contributed by atoms with Gasteiger partial charge in [0.25, 0.3) is 0 Å². The molecule has 0 rings (SSSR count). The number of unbranched alkanes of at least 4 members (excludes halogenated alkanes) is 5. The Bertz CT molecular complexity index is 256. The summed E-state index contributed by atoms with van der Waals surface area (Å²) in [5.74, 6) is -0.0309. The van der Waals surface area contributed by atoms with Gasteiger partial charge >= 0.3 is 5.97 Å². The van der Waals surface area contributed by atoms with Crippen molar-refractivity contribution in [3.8, 4) is 0 Å². The maximum atomic E-state index is 11.6. The summed E-state index contributed by atoms with van der Waals surface area (Å²) in [6, 6.07) is 0. The summed E-state index contributed by atoms with van der Waals surface area (Å²) in [5, 5.41) is 0. The van der Waals surface area contributed by atoms with E-state index in [1.165, 1.54) is 37.7 Å². The predicted octanol–water partition coefficient (Wildman–Crippen LogP) is 5.81. The normalized spacial score (nSPS) is 11.7. The lowest BCUT2D eigenvalue weighted by molar-refractivity contribution is -0.143. The van der Waals surface area contributed by atoms with Crippen molar-refractivity contribution >= 4 is 5.97 Å². The van der Waals surface area contributed by atoms with E-state index in [0.717, 1.165) is 32.1 Å². The number of esters is 1. The van der Waals surface area contributed by atoms with Crippen LogP contribution in [0.1, 0.15) is 91.4 Å². The SMILES string of the molecule is CCC=C(CCC)CCC(=O)OCCCCCCCC. The largest absolute Gasteiger partial charge is 0.466 e. The van der Waals surface area contributed by atoms with Gasteiger partial charge in [0.15, 0.2) is 0 Å². The van der Waals surface area contributed by atoms with E-state index in [9.17, 15) is 4.79 Å². The summed E-state index contributed by atoms with van der Waals surface area (Å²) in [4.78, 5) is 11.6. The summed E-state index contributed by atoms with van der Waals surface area (Å²) in [7, 11) is 0. The van der Waals surface area contributed by atoms with Crippen molar-refractivity contribution in [3.63, 3.8) is 0 Å². The van der Waals surface area contributed by atoms with Gasteiger partial charge in [-0.25, -0.2) is 0 Å². The highest BCUT2D eigenvalue weighted by molar-refractivity contribution is 5.69. The van der Waals surface area contributed by atoms with Crippen LogP contribution in [-0.4, -0.2) is 12.6 Å². The van der Waals surface area contributed by atoms with Crippen molar-refractivity contribution < 1.29 is 9.53 Å². The fourth-order valence-electron chi connectivity index (χ4n) is 2.34. The molecule has 2 heteroatoms. The molecule has 0 aromatic rings. The smallest absolute Gasteiger partial charge is 0.306 e. The Morgan fingerprint density at radius 3 is 2.20 bits per heavy atom. The highest BCUT2D eigenvalue weighted by Gasteiger charge is 2.05. The molecule has 0 aliphatic heterocycles. The minimum absolute atomic E-state index is 0.0309. The van der Waals surface area contributed by atoms with Gasteiger partial charge in [-0.3, -0.25) is 4.79 Å². The van der Waals surface area contributed by atoms with Gasteiger partial charge in [0, 0.05) is 6.42 Å². The molecule has 0 spiro atoms. The van der Waals surface area contributed by atoms with E-state index in [1.807, 2.05) is 0 Å². The minimum atomic E-state index is -0.0309. The number of carbonyl (C=O) groups is 1. The van der Waals surface area contributed by atoms with Crippen molar-refractivity contribution in [3.05, 3.63) is 11.6 Å². The summed E-state index contributed by atoms with van der Waals surface area (Å²) >= 11 is 0. The summed E-state index contributed by atoms with van der Waals surface area (Å²) < 4.78 is 5.29. The number of allylic oxidation sites excluding steroid dienone is 2. The number of hydrogen-bond acceptors (Lipinski definition) is 2. The molecule has 0 unspecified atom stereocenters. The molecule has 0 saturated carbocycles. The van der Waals surface area contributed by atoms with Gasteiger partial charge in [-0.05, 0) is 25.7 Å². The van der Waals surface area contributed by atoms with E-state index >= 15 is 0 Å². The fraction of sp³-hybridized carbons (Fsp3) is 0.833. The van der Waals surface area contributed by atoms with Crippen molar-refractivity contribution in [1.29, 1.82) is 0 Å².